The van der Waals surface area contributed by atoms with Gasteiger partial charge in [0.05, 0.1) is 18.9 Å². The summed E-state index contributed by atoms with van der Waals surface area (Å²) in [5.74, 6) is 1.89. The Morgan fingerprint density at radius 1 is 1.11 bits per heavy atom. The van der Waals surface area contributed by atoms with Crippen molar-refractivity contribution < 1.29 is 9.47 Å². The molecular formula is C22H23BrN2O2. The molecule has 1 spiro atoms. The van der Waals surface area contributed by atoms with Gasteiger partial charge in [-0.05, 0) is 60.9 Å². The first-order valence-corrected chi connectivity index (χ1v) is 10.5. The summed E-state index contributed by atoms with van der Waals surface area (Å²) in [5, 5.41) is 7.39. The van der Waals surface area contributed by atoms with Crippen LogP contribution in [0, 0.1) is 0 Å². The molecule has 5 heteroatoms. The number of hydrazone groups is 1. The highest BCUT2D eigenvalue weighted by atomic mass is 79.9. The second-order valence-electron chi connectivity index (χ2n) is 7.63. The molecule has 4 nitrogen and oxygen atoms in total. The molecule has 1 saturated carbocycles. The van der Waals surface area contributed by atoms with Crippen molar-refractivity contribution in [1.82, 2.24) is 5.01 Å². The minimum absolute atomic E-state index is 0.237. The highest BCUT2D eigenvalue weighted by molar-refractivity contribution is 9.10. The van der Waals surface area contributed by atoms with Crippen LogP contribution in [0.15, 0.2) is 52.0 Å². The van der Waals surface area contributed by atoms with Crippen LogP contribution < -0.4 is 9.47 Å². The van der Waals surface area contributed by atoms with E-state index in [9.17, 15) is 0 Å². The van der Waals surface area contributed by atoms with Gasteiger partial charge in [-0.15, -0.1) is 0 Å². The normalized spacial score (nSPS) is 22.7. The molecule has 1 atom stereocenters. The third kappa shape index (κ3) is 2.83. The van der Waals surface area contributed by atoms with E-state index in [0.29, 0.717) is 0 Å². The van der Waals surface area contributed by atoms with E-state index in [0.717, 1.165) is 46.5 Å². The number of ether oxygens (including phenoxy) is 2. The lowest BCUT2D eigenvalue weighted by Crippen LogP contribution is -2.54. The van der Waals surface area contributed by atoms with E-state index in [1.54, 1.807) is 7.11 Å². The van der Waals surface area contributed by atoms with Crippen molar-refractivity contribution in [1.29, 1.82) is 0 Å². The lowest BCUT2D eigenvalue weighted by Gasteiger charge is -2.49. The number of fused-ring (bicyclic) bond motifs is 4. The molecule has 0 radical (unpaired) electrons. The average Bonchev–Trinajstić information content (AvgIpc) is 3.16. The summed E-state index contributed by atoms with van der Waals surface area (Å²) in [7, 11) is 1.70. The first-order chi connectivity index (χ1) is 13.2. The van der Waals surface area contributed by atoms with E-state index in [1.807, 2.05) is 12.1 Å². The van der Waals surface area contributed by atoms with Gasteiger partial charge in [0.2, 0.25) is 0 Å². The zero-order chi connectivity index (χ0) is 18.4. The molecule has 0 saturated heterocycles. The second kappa shape index (κ2) is 6.55. The molecule has 2 aromatic carbocycles. The molecule has 0 bridgehead atoms. The van der Waals surface area contributed by atoms with Gasteiger partial charge in [0, 0.05) is 29.3 Å². The summed E-state index contributed by atoms with van der Waals surface area (Å²) in [5.41, 5.74) is 3.22. The standard InChI is InChI=1S/C22H23BrN2O2/c1-26-17-8-5-15(6-9-17)19-14-20-18-13-16(23)7-10-21(18)27-22(25(20)24-19)11-3-2-4-12-22/h5-10,13,20H,2-4,11-12,14H2,1H3/t20-/m0/s1. The van der Waals surface area contributed by atoms with Gasteiger partial charge in [0.25, 0.3) is 0 Å². The molecule has 2 aromatic rings. The fourth-order valence-corrected chi connectivity index (χ4v) is 5.02. The summed E-state index contributed by atoms with van der Waals surface area (Å²) < 4.78 is 13.0. The Bertz CT molecular complexity index is 888. The van der Waals surface area contributed by atoms with E-state index >= 15 is 0 Å². The predicted molar refractivity (Wildman–Crippen MR) is 109 cm³/mol. The average molecular weight is 427 g/mol. The van der Waals surface area contributed by atoms with Crippen molar-refractivity contribution in [2.45, 2.75) is 50.3 Å². The zero-order valence-corrected chi connectivity index (χ0v) is 17.0. The molecular weight excluding hydrogens is 404 g/mol. The maximum Gasteiger partial charge on any atom is 0.198 e. The molecule has 1 aliphatic carbocycles. The Morgan fingerprint density at radius 3 is 2.63 bits per heavy atom. The van der Waals surface area contributed by atoms with Crippen LogP contribution in [-0.4, -0.2) is 23.6 Å². The maximum absolute atomic E-state index is 6.63. The number of benzene rings is 2. The fraction of sp³-hybridized carbons (Fsp3) is 0.409. The van der Waals surface area contributed by atoms with Crippen molar-refractivity contribution >= 4 is 21.6 Å². The molecule has 2 aliphatic heterocycles. The first kappa shape index (κ1) is 17.1. The number of hydrogen-bond acceptors (Lipinski definition) is 4. The highest BCUT2D eigenvalue weighted by Crippen LogP contribution is 2.51. The van der Waals surface area contributed by atoms with Crippen LogP contribution in [0.5, 0.6) is 11.5 Å². The Hall–Kier alpha value is -2.01. The number of hydrogen-bond donors (Lipinski definition) is 0. The first-order valence-electron chi connectivity index (χ1n) is 9.68. The summed E-state index contributed by atoms with van der Waals surface area (Å²) >= 11 is 3.63. The molecule has 140 valence electrons. The van der Waals surface area contributed by atoms with E-state index in [1.165, 1.54) is 24.8 Å². The van der Waals surface area contributed by atoms with Crippen LogP contribution in [0.4, 0.5) is 0 Å². The van der Waals surface area contributed by atoms with Gasteiger partial charge < -0.3 is 9.47 Å². The molecule has 5 rings (SSSR count). The molecule has 0 unspecified atom stereocenters. The van der Waals surface area contributed by atoms with Crippen molar-refractivity contribution in [2.75, 3.05) is 7.11 Å². The van der Waals surface area contributed by atoms with Gasteiger partial charge in [-0.1, -0.05) is 22.4 Å². The minimum Gasteiger partial charge on any atom is -0.497 e. The van der Waals surface area contributed by atoms with Crippen molar-refractivity contribution in [3.63, 3.8) is 0 Å². The fourth-order valence-electron chi connectivity index (χ4n) is 4.65. The summed E-state index contributed by atoms with van der Waals surface area (Å²) in [4.78, 5) is 0. The molecule has 2 heterocycles. The zero-order valence-electron chi connectivity index (χ0n) is 15.5. The largest absolute Gasteiger partial charge is 0.497 e. The Labute approximate surface area is 168 Å². The van der Waals surface area contributed by atoms with E-state index in [-0.39, 0.29) is 11.8 Å². The quantitative estimate of drug-likeness (QED) is 0.620. The van der Waals surface area contributed by atoms with Crippen LogP contribution in [-0.2, 0) is 0 Å². The molecule has 27 heavy (non-hydrogen) atoms. The number of nitrogens with zero attached hydrogens (tertiary/aromatic N) is 2. The molecule has 0 N–H and O–H groups in total. The Morgan fingerprint density at radius 2 is 1.89 bits per heavy atom. The van der Waals surface area contributed by atoms with Crippen LogP contribution in [0.1, 0.15) is 55.7 Å². The van der Waals surface area contributed by atoms with Gasteiger partial charge in [-0.25, -0.2) is 5.01 Å². The SMILES string of the molecule is COc1ccc(C2=NN3[C@@H](C2)c2cc(Br)ccc2OC32CCCCC2)cc1. The molecule has 0 amide bonds. The van der Waals surface area contributed by atoms with Gasteiger partial charge in [0.1, 0.15) is 11.5 Å². The molecule has 1 fully saturated rings. The van der Waals surface area contributed by atoms with Crippen molar-refractivity contribution in [2.24, 2.45) is 5.10 Å². The predicted octanol–water partition coefficient (Wildman–Crippen LogP) is 5.66. The topological polar surface area (TPSA) is 34.1 Å². The van der Waals surface area contributed by atoms with Crippen molar-refractivity contribution in [3.8, 4) is 11.5 Å². The number of methoxy groups -OCH3 is 1. The summed E-state index contributed by atoms with van der Waals surface area (Å²) in [6.45, 7) is 0. The number of rotatable bonds is 2. The van der Waals surface area contributed by atoms with E-state index in [2.05, 4.69) is 51.3 Å². The maximum atomic E-state index is 6.63. The third-order valence-corrected chi connectivity index (χ3v) is 6.51. The van der Waals surface area contributed by atoms with E-state index in [4.69, 9.17) is 14.6 Å². The van der Waals surface area contributed by atoms with Gasteiger partial charge in [-0.3, -0.25) is 0 Å². The lowest BCUT2D eigenvalue weighted by molar-refractivity contribution is -0.140. The summed E-state index contributed by atoms with van der Waals surface area (Å²) in [6, 6.07) is 14.8. The van der Waals surface area contributed by atoms with Crippen LogP contribution in [0.2, 0.25) is 0 Å². The molecule has 0 aromatic heterocycles. The highest BCUT2D eigenvalue weighted by Gasteiger charge is 2.50. The Balaban J connectivity index is 1.57. The van der Waals surface area contributed by atoms with Crippen LogP contribution >= 0.6 is 15.9 Å². The van der Waals surface area contributed by atoms with Crippen LogP contribution in [0.3, 0.4) is 0 Å². The smallest absolute Gasteiger partial charge is 0.198 e. The lowest BCUT2D eigenvalue weighted by atomic mass is 9.86. The minimum atomic E-state index is -0.294. The van der Waals surface area contributed by atoms with Gasteiger partial charge in [-0.2, -0.15) is 5.10 Å². The van der Waals surface area contributed by atoms with Gasteiger partial charge >= 0.3 is 0 Å². The third-order valence-electron chi connectivity index (χ3n) is 6.02. The Kier molecular flexibility index (Phi) is 4.15. The number of halogens is 1. The summed E-state index contributed by atoms with van der Waals surface area (Å²) in [6.07, 6.45) is 6.66. The van der Waals surface area contributed by atoms with Crippen molar-refractivity contribution in [3.05, 3.63) is 58.1 Å². The second-order valence-corrected chi connectivity index (χ2v) is 8.55. The monoisotopic (exact) mass is 426 g/mol. The van der Waals surface area contributed by atoms with Gasteiger partial charge in [0.15, 0.2) is 5.72 Å². The van der Waals surface area contributed by atoms with E-state index < -0.39 is 0 Å². The van der Waals surface area contributed by atoms with Crippen LogP contribution in [0.25, 0.3) is 0 Å². The molecule has 3 aliphatic rings.